The van der Waals surface area contributed by atoms with Gasteiger partial charge in [-0.1, -0.05) is 20.8 Å². The fourth-order valence-corrected chi connectivity index (χ4v) is 6.14. The molecule has 2 nitrogen and oxygen atoms in total. The van der Waals surface area contributed by atoms with Gasteiger partial charge < -0.3 is 5.11 Å². The standard InChI is InChI=1S/C17H28O2/c1-11(2)16-6-13-5-14(7-16)9-17(8-13,10-16)12(3)4-15(18)19/h11-14H,4-10H2,1-3H3,(H,18,19). The molecule has 4 bridgehead atoms. The number of hydrogen-bond donors (Lipinski definition) is 1. The summed E-state index contributed by atoms with van der Waals surface area (Å²) in [6.07, 6.45) is 8.56. The molecule has 108 valence electrons. The normalized spacial score (nSPS) is 45.7. The highest BCUT2D eigenvalue weighted by molar-refractivity contribution is 5.67. The van der Waals surface area contributed by atoms with Gasteiger partial charge in [0.2, 0.25) is 0 Å². The van der Waals surface area contributed by atoms with Gasteiger partial charge in [-0.25, -0.2) is 0 Å². The Kier molecular flexibility index (Phi) is 3.00. The molecule has 0 aliphatic heterocycles. The van der Waals surface area contributed by atoms with E-state index in [2.05, 4.69) is 20.8 Å². The fraction of sp³-hybridized carbons (Fsp3) is 0.941. The third kappa shape index (κ3) is 2.02. The molecule has 0 spiro atoms. The first kappa shape index (κ1) is 13.5. The smallest absolute Gasteiger partial charge is 0.303 e. The highest BCUT2D eigenvalue weighted by Crippen LogP contribution is 2.69. The third-order valence-electron chi connectivity index (χ3n) is 6.90. The Morgan fingerprint density at radius 1 is 1.11 bits per heavy atom. The molecule has 4 aliphatic carbocycles. The van der Waals surface area contributed by atoms with Gasteiger partial charge in [-0.05, 0) is 73.0 Å². The van der Waals surface area contributed by atoms with Crippen LogP contribution < -0.4 is 0 Å². The lowest BCUT2D eigenvalue weighted by molar-refractivity contribution is -0.160. The van der Waals surface area contributed by atoms with E-state index in [1.807, 2.05) is 0 Å². The maximum atomic E-state index is 11.1. The lowest BCUT2D eigenvalue weighted by Gasteiger charge is -2.65. The average Bonchev–Trinajstić information content (AvgIpc) is 2.25. The molecule has 0 amide bonds. The van der Waals surface area contributed by atoms with Gasteiger partial charge in [0.1, 0.15) is 0 Å². The van der Waals surface area contributed by atoms with Gasteiger partial charge in [0.25, 0.3) is 0 Å². The summed E-state index contributed by atoms with van der Waals surface area (Å²) in [5.41, 5.74) is 0.892. The SMILES string of the molecule is CC(C)C12CC3CC(C1)CC(C(C)CC(=O)O)(C3)C2. The highest BCUT2D eigenvalue weighted by Gasteiger charge is 2.59. The van der Waals surface area contributed by atoms with Crippen LogP contribution in [0.5, 0.6) is 0 Å². The summed E-state index contributed by atoms with van der Waals surface area (Å²) in [5.74, 6) is 2.28. The van der Waals surface area contributed by atoms with E-state index in [9.17, 15) is 4.79 Å². The van der Waals surface area contributed by atoms with Crippen molar-refractivity contribution in [2.45, 2.75) is 65.7 Å². The van der Waals surface area contributed by atoms with E-state index in [0.29, 0.717) is 23.2 Å². The molecule has 1 N–H and O–H groups in total. The first-order chi connectivity index (χ1) is 8.85. The number of carboxylic acid groups (broad SMARTS) is 1. The van der Waals surface area contributed by atoms with Crippen molar-refractivity contribution >= 4 is 5.97 Å². The first-order valence-electron chi connectivity index (χ1n) is 8.07. The van der Waals surface area contributed by atoms with Crippen LogP contribution in [0.25, 0.3) is 0 Å². The van der Waals surface area contributed by atoms with E-state index in [4.69, 9.17) is 5.11 Å². The minimum atomic E-state index is -0.609. The summed E-state index contributed by atoms with van der Waals surface area (Å²) < 4.78 is 0. The van der Waals surface area contributed by atoms with Crippen LogP contribution in [-0.2, 0) is 4.79 Å². The van der Waals surface area contributed by atoms with Gasteiger partial charge in [0.05, 0.1) is 0 Å². The zero-order chi connectivity index (χ0) is 13.8. The van der Waals surface area contributed by atoms with Crippen LogP contribution in [0.4, 0.5) is 0 Å². The zero-order valence-corrected chi connectivity index (χ0v) is 12.6. The van der Waals surface area contributed by atoms with Crippen LogP contribution in [-0.4, -0.2) is 11.1 Å². The molecule has 0 saturated heterocycles. The number of rotatable bonds is 4. The van der Waals surface area contributed by atoms with E-state index in [-0.39, 0.29) is 0 Å². The van der Waals surface area contributed by atoms with Crippen molar-refractivity contribution in [1.82, 2.24) is 0 Å². The molecule has 0 heterocycles. The molecule has 4 fully saturated rings. The molecule has 0 aromatic carbocycles. The summed E-state index contributed by atoms with van der Waals surface area (Å²) in [4.78, 5) is 11.1. The van der Waals surface area contributed by atoms with E-state index in [0.717, 1.165) is 17.8 Å². The summed E-state index contributed by atoms with van der Waals surface area (Å²) >= 11 is 0. The van der Waals surface area contributed by atoms with Gasteiger partial charge in [0.15, 0.2) is 0 Å². The molecule has 19 heavy (non-hydrogen) atoms. The maximum absolute atomic E-state index is 11.1. The second kappa shape index (κ2) is 4.23. The lowest BCUT2D eigenvalue weighted by atomic mass is 9.40. The van der Waals surface area contributed by atoms with Crippen LogP contribution in [0.15, 0.2) is 0 Å². The highest BCUT2D eigenvalue weighted by atomic mass is 16.4. The lowest BCUT2D eigenvalue weighted by Crippen LogP contribution is -2.56. The van der Waals surface area contributed by atoms with Crippen molar-refractivity contribution in [3.05, 3.63) is 0 Å². The van der Waals surface area contributed by atoms with Crippen LogP contribution in [0.1, 0.15) is 65.7 Å². The molecule has 2 heteroatoms. The van der Waals surface area contributed by atoms with Gasteiger partial charge in [-0.15, -0.1) is 0 Å². The molecular formula is C17H28O2. The Morgan fingerprint density at radius 2 is 1.63 bits per heavy atom. The van der Waals surface area contributed by atoms with Crippen molar-refractivity contribution in [3.8, 4) is 0 Å². The summed E-state index contributed by atoms with van der Waals surface area (Å²) in [5, 5.41) is 9.16. The Labute approximate surface area is 117 Å². The van der Waals surface area contributed by atoms with Gasteiger partial charge in [0, 0.05) is 6.42 Å². The first-order valence-corrected chi connectivity index (χ1v) is 8.07. The van der Waals surface area contributed by atoms with Gasteiger partial charge in [-0.3, -0.25) is 4.79 Å². The van der Waals surface area contributed by atoms with Crippen LogP contribution in [0.2, 0.25) is 0 Å². The minimum absolute atomic E-state index is 0.354. The van der Waals surface area contributed by atoms with Gasteiger partial charge in [-0.2, -0.15) is 0 Å². The van der Waals surface area contributed by atoms with Crippen molar-refractivity contribution in [2.24, 2.45) is 34.5 Å². The van der Waals surface area contributed by atoms with E-state index in [1.165, 1.54) is 38.5 Å². The molecule has 3 unspecified atom stereocenters. The fourth-order valence-electron chi connectivity index (χ4n) is 6.14. The average molecular weight is 264 g/mol. The Balaban J connectivity index is 1.89. The van der Waals surface area contributed by atoms with E-state index >= 15 is 0 Å². The minimum Gasteiger partial charge on any atom is -0.481 e. The molecule has 4 rings (SSSR count). The molecule has 0 radical (unpaired) electrons. The molecule has 0 aromatic heterocycles. The Hall–Kier alpha value is -0.530. The zero-order valence-electron chi connectivity index (χ0n) is 12.6. The molecule has 4 aliphatic rings. The molecule has 4 saturated carbocycles. The van der Waals surface area contributed by atoms with Crippen molar-refractivity contribution in [2.75, 3.05) is 0 Å². The van der Waals surface area contributed by atoms with Crippen molar-refractivity contribution in [1.29, 1.82) is 0 Å². The number of carbonyl (C=O) groups is 1. The van der Waals surface area contributed by atoms with Crippen LogP contribution >= 0.6 is 0 Å². The maximum Gasteiger partial charge on any atom is 0.303 e. The monoisotopic (exact) mass is 264 g/mol. The molecule has 3 atom stereocenters. The molecular weight excluding hydrogens is 236 g/mol. The largest absolute Gasteiger partial charge is 0.481 e. The van der Waals surface area contributed by atoms with Gasteiger partial charge >= 0.3 is 5.97 Å². The number of aliphatic carboxylic acids is 1. The van der Waals surface area contributed by atoms with Crippen molar-refractivity contribution < 1.29 is 9.90 Å². The second-order valence-corrected chi connectivity index (χ2v) is 8.34. The Morgan fingerprint density at radius 3 is 2.11 bits per heavy atom. The third-order valence-corrected chi connectivity index (χ3v) is 6.90. The van der Waals surface area contributed by atoms with E-state index in [1.54, 1.807) is 0 Å². The number of carboxylic acids is 1. The second-order valence-electron chi connectivity index (χ2n) is 8.34. The summed E-state index contributed by atoms with van der Waals surface area (Å²) in [7, 11) is 0. The quantitative estimate of drug-likeness (QED) is 0.820. The summed E-state index contributed by atoms with van der Waals surface area (Å²) in [6, 6.07) is 0. The number of hydrogen-bond acceptors (Lipinski definition) is 1. The van der Waals surface area contributed by atoms with Crippen LogP contribution in [0.3, 0.4) is 0 Å². The predicted molar refractivity (Wildman–Crippen MR) is 75.8 cm³/mol. The topological polar surface area (TPSA) is 37.3 Å². The predicted octanol–water partition coefficient (Wildman–Crippen LogP) is 4.34. The molecule has 0 aromatic rings. The Bertz CT molecular complexity index is 371. The van der Waals surface area contributed by atoms with Crippen molar-refractivity contribution in [3.63, 3.8) is 0 Å². The summed E-state index contributed by atoms with van der Waals surface area (Å²) in [6.45, 7) is 6.99. The van der Waals surface area contributed by atoms with Crippen LogP contribution in [0, 0.1) is 34.5 Å². The van der Waals surface area contributed by atoms with E-state index < -0.39 is 5.97 Å².